The molecule has 0 unspecified atom stereocenters. The second-order valence-electron chi connectivity index (χ2n) is 7.36. The number of carbonyl (C=O) groups is 1. The van der Waals surface area contributed by atoms with Crippen LogP contribution in [0, 0.1) is 0 Å². The number of benzene rings is 2. The normalized spacial score (nSPS) is 10.8. The molecule has 6 nitrogen and oxygen atoms in total. The van der Waals surface area contributed by atoms with Crippen LogP contribution < -0.4 is 14.9 Å². The third kappa shape index (κ3) is 8.27. The van der Waals surface area contributed by atoms with Crippen LogP contribution in [0.2, 0.25) is 0 Å². The van der Waals surface area contributed by atoms with E-state index in [4.69, 9.17) is 9.47 Å². The van der Waals surface area contributed by atoms with E-state index in [0.29, 0.717) is 11.5 Å². The van der Waals surface area contributed by atoms with Gasteiger partial charge in [-0.3, -0.25) is 4.79 Å². The van der Waals surface area contributed by atoms with E-state index in [0.717, 1.165) is 28.3 Å². The van der Waals surface area contributed by atoms with Crippen molar-refractivity contribution in [2.24, 2.45) is 5.10 Å². The van der Waals surface area contributed by atoms with Gasteiger partial charge in [-0.05, 0) is 66.4 Å². The van der Waals surface area contributed by atoms with Crippen molar-refractivity contribution in [3.05, 3.63) is 83.6 Å². The number of rotatable bonds is 12. The van der Waals surface area contributed by atoms with Gasteiger partial charge >= 0.3 is 0 Å². The molecule has 0 saturated heterocycles. The lowest BCUT2D eigenvalue weighted by Gasteiger charge is -2.09. The zero-order valence-electron chi connectivity index (χ0n) is 19.0. The predicted octanol–water partition coefficient (Wildman–Crippen LogP) is 5.25. The molecule has 33 heavy (non-hydrogen) atoms. The summed E-state index contributed by atoms with van der Waals surface area (Å²) in [7, 11) is 1.65. The molecule has 0 atom stereocenters. The van der Waals surface area contributed by atoms with E-state index in [1.165, 1.54) is 18.4 Å². The molecule has 1 aromatic heterocycles. The fourth-order valence-corrected chi connectivity index (χ4v) is 3.91. The number of methoxy groups -OCH3 is 1. The van der Waals surface area contributed by atoms with Crippen molar-refractivity contribution in [1.82, 2.24) is 10.4 Å². The summed E-state index contributed by atoms with van der Waals surface area (Å²) in [5, 5.41) is 5.00. The summed E-state index contributed by atoms with van der Waals surface area (Å²) in [4.78, 5) is 16.4. The third-order valence-corrected chi connectivity index (χ3v) is 5.83. The Hall–Kier alpha value is -3.32. The van der Waals surface area contributed by atoms with Gasteiger partial charge in [0.2, 0.25) is 0 Å². The number of nitrogens with one attached hydrogen (secondary N) is 1. The molecule has 2 aromatic carbocycles. The standard InChI is InChI=1S/C26H29N3O3S/c1-3-4-7-20-9-12-23(13-10-20)32-18-25(30)29-28-17-21-11-14-24(31-2)22(16-21)19-33-26-8-5-6-15-27-26/h5-6,8-17H,3-4,7,18-19H2,1-2H3,(H,29,30)/b28-17-. The van der Waals surface area contributed by atoms with E-state index in [1.807, 2.05) is 60.7 Å². The molecule has 0 aliphatic heterocycles. The van der Waals surface area contributed by atoms with Crippen molar-refractivity contribution in [3.63, 3.8) is 0 Å². The van der Waals surface area contributed by atoms with E-state index in [2.05, 4.69) is 22.4 Å². The molecule has 172 valence electrons. The molecular formula is C26H29N3O3S. The van der Waals surface area contributed by atoms with Crippen LogP contribution in [0.5, 0.6) is 11.5 Å². The summed E-state index contributed by atoms with van der Waals surface area (Å²) in [5.41, 5.74) is 5.66. The van der Waals surface area contributed by atoms with E-state index in [1.54, 1.807) is 31.3 Å². The van der Waals surface area contributed by atoms with E-state index in [9.17, 15) is 4.79 Å². The minimum Gasteiger partial charge on any atom is -0.496 e. The number of carbonyl (C=O) groups excluding carboxylic acids is 1. The first-order valence-electron chi connectivity index (χ1n) is 10.9. The topological polar surface area (TPSA) is 72.8 Å². The van der Waals surface area contributed by atoms with Crippen molar-refractivity contribution in [2.75, 3.05) is 13.7 Å². The Morgan fingerprint density at radius 3 is 2.73 bits per heavy atom. The highest BCUT2D eigenvalue weighted by molar-refractivity contribution is 7.98. The fraction of sp³-hybridized carbons (Fsp3) is 0.269. The Labute approximate surface area is 199 Å². The number of unbranched alkanes of at least 4 members (excludes halogenated alkanes) is 1. The van der Waals surface area contributed by atoms with Crippen molar-refractivity contribution >= 4 is 23.9 Å². The molecule has 0 bridgehead atoms. The summed E-state index contributed by atoms with van der Waals surface area (Å²) in [6.45, 7) is 2.08. The quantitative estimate of drug-likeness (QED) is 0.225. The van der Waals surface area contributed by atoms with Gasteiger partial charge in [0.25, 0.3) is 5.91 Å². The van der Waals surface area contributed by atoms with Gasteiger partial charge < -0.3 is 9.47 Å². The number of aromatic nitrogens is 1. The SMILES string of the molecule is CCCCc1ccc(OCC(=O)N/N=C\c2ccc(OC)c(CSc3ccccn3)c2)cc1. The number of hydrogen-bond donors (Lipinski definition) is 1. The van der Waals surface area contributed by atoms with Gasteiger partial charge in [-0.25, -0.2) is 10.4 Å². The predicted molar refractivity (Wildman–Crippen MR) is 133 cm³/mol. The number of ether oxygens (including phenoxy) is 2. The highest BCUT2D eigenvalue weighted by atomic mass is 32.2. The average Bonchev–Trinajstić information content (AvgIpc) is 2.86. The number of hydrogen-bond acceptors (Lipinski definition) is 6. The first-order valence-corrected chi connectivity index (χ1v) is 11.9. The average molecular weight is 464 g/mol. The molecular weight excluding hydrogens is 434 g/mol. The largest absolute Gasteiger partial charge is 0.496 e. The monoisotopic (exact) mass is 463 g/mol. The van der Waals surface area contributed by atoms with Crippen LogP contribution in [0.4, 0.5) is 0 Å². The summed E-state index contributed by atoms with van der Waals surface area (Å²) in [6, 6.07) is 19.5. The van der Waals surface area contributed by atoms with Crippen LogP contribution in [-0.2, 0) is 17.0 Å². The molecule has 3 rings (SSSR count). The lowest BCUT2D eigenvalue weighted by atomic mass is 10.1. The minimum absolute atomic E-state index is 0.0970. The lowest BCUT2D eigenvalue weighted by molar-refractivity contribution is -0.123. The van der Waals surface area contributed by atoms with Gasteiger partial charge in [0.05, 0.1) is 18.4 Å². The number of pyridine rings is 1. The van der Waals surface area contributed by atoms with Crippen LogP contribution in [0.1, 0.15) is 36.5 Å². The zero-order valence-corrected chi connectivity index (χ0v) is 19.8. The molecule has 0 saturated carbocycles. The van der Waals surface area contributed by atoms with E-state index in [-0.39, 0.29) is 12.5 Å². The highest BCUT2D eigenvalue weighted by Crippen LogP contribution is 2.27. The Morgan fingerprint density at radius 1 is 1.15 bits per heavy atom. The fourth-order valence-electron chi connectivity index (χ4n) is 3.07. The summed E-state index contributed by atoms with van der Waals surface area (Å²) in [5.74, 6) is 1.85. The first kappa shape index (κ1) is 24.3. The summed E-state index contributed by atoms with van der Waals surface area (Å²) >= 11 is 1.63. The second kappa shape index (κ2) is 13.3. The highest BCUT2D eigenvalue weighted by Gasteiger charge is 2.06. The Bertz CT molecular complexity index is 1040. The number of amides is 1. The number of hydrazone groups is 1. The molecule has 1 N–H and O–H groups in total. The summed E-state index contributed by atoms with van der Waals surface area (Å²) < 4.78 is 11.0. The Morgan fingerprint density at radius 2 is 2.00 bits per heavy atom. The third-order valence-electron chi connectivity index (χ3n) is 4.83. The van der Waals surface area contributed by atoms with Gasteiger partial charge in [0.15, 0.2) is 6.61 Å². The zero-order chi connectivity index (χ0) is 23.3. The van der Waals surface area contributed by atoms with Gasteiger partial charge in [-0.1, -0.05) is 31.5 Å². The number of aryl methyl sites for hydroxylation is 1. The smallest absolute Gasteiger partial charge is 0.277 e. The minimum atomic E-state index is -0.319. The van der Waals surface area contributed by atoms with Crippen molar-refractivity contribution in [3.8, 4) is 11.5 Å². The molecule has 0 fully saturated rings. The van der Waals surface area contributed by atoms with Crippen LogP contribution in [0.15, 0.2) is 77.0 Å². The molecule has 1 amide bonds. The van der Waals surface area contributed by atoms with E-state index < -0.39 is 0 Å². The van der Waals surface area contributed by atoms with Gasteiger partial charge in [-0.2, -0.15) is 5.10 Å². The summed E-state index contributed by atoms with van der Waals surface area (Å²) in [6.07, 6.45) is 6.77. The molecule has 0 radical (unpaired) electrons. The maximum atomic E-state index is 12.1. The Kier molecular flexibility index (Phi) is 9.79. The lowest BCUT2D eigenvalue weighted by Crippen LogP contribution is -2.24. The maximum absolute atomic E-state index is 12.1. The van der Waals surface area contributed by atoms with Crippen molar-refractivity contribution < 1.29 is 14.3 Å². The van der Waals surface area contributed by atoms with Crippen molar-refractivity contribution in [1.29, 1.82) is 0 Å². The van der Waals surface area contributed by atoms with Gasteiger partial charge in [0.1, 0.15) is 11.5 Å². The van der Waals surface area contributed by atoms with E-state index >= 15 is 0 Å². The molecule has 1 heterocycles. The number of nitrogens with zero attached hydrogens (tertiary/aromatic N) is 2. The molecule has 0 aliphatic carbocycles. The second-order valence-corrected chi connectivity index (χ2v) is 8.35. The molecule has 7 heteroatoms. The maximum Gasteiger partial charge on any atom is 0.277 e. The van der Waals surface area contributed by atoms with Gasteiger partial charge in [-0.15, -0.1) is 11.8 Å². The van der Waals surface area contributed by atoms with Gasteiger partial charge in [0, 0.05) is 17.5 Å². The molecule has 3 aromatic rings. The van der Waals surface area contributed by atoms with Crippen LogP contribution in [-0.4, -0.2) is 30.8 Å². The van der Waals surface area contributed by atoms with Crippen LogP contribution in [0.3, 0.4) is 0 Å². The molecule has 0 aliphatic rings. The van der Waals surface area contributed by atoms with Crippen LogP contribution in [0.25, 0.3) is 0 Å². The van der Waals surface area contributed by atoms with Crippen LogP contribution >= 0.6 is 11.8 Å². The molecule has 0 spiro atoms. The number of thioether (sulfide) groups is 1. The van der Waals surface area contributed by atoms with Crippen molar-refractivity contribution in [2.45, 2.75) is 37.0 Å². The first-order chi connectivity index (χ1) is 16.2. The Balaban J connectivity index is 1.49.